The van der Waals surface area contributed by atoms with Crippen LogP contribution in [0.4, 0.5) is 0 Å². The molecule has 0 atom stereocenters. The van der Waals surface area contributed by atoms with Crippen molar-refractivity contribution < 1.29 is 14.0 Å². The van der Waals surface area contributed by atoms with Crippen molar-refractivity contribution in [2.75, 3.05) is 13.2 Å². The standard InChI is InChI=1S/C21H20N4O3/c1-14-10-18(28-25-14)12-21-23-7-4-19(24-21)15-2-3-20(16(11-15)13-22)27-17-5-8-26-9-6-17/h2-4,7,10-11,17H,5-6,8-9,12H2,1H3. The van der Waals surface area contributed by atoms with Crippen molar-refractivity contribution in [3.05, 3.63) is 59.4 Å². The predicted molar refractivity (Wildman–Crippen MR) is 101 cm³/mol. The van der Waals surface area contributed by atoms with Crippen molar-refractivity contribution in [1.29, 1.82) is 5.26 Å². The van der Waals surface area contributed by atoms with Gasteiger partial charge in [0.1, 0.15) is 29.5 Å². The quantitative estimate of drug-likeness (QED) is 0.673. The third-order valence-corrected chi connectivity index (χ3v) is 4.57. The van der Waals surface area contributed by atoms with Gasteiger partial charge in [-0.05, 0) is 31.2 Å². The Balaban J connectivity index is 1.55. The molecule has 1 aliphatic rings. The molecular weight excluding hydrogens is 356 g/mol. The maximum absolute atomic E-state index is 9.56. The summed E-state index contributed by atoms with van der Waals surface area (Å²) in [7, 11) is 0. The first-order chi connectivity index (χ1) is 13.7. The molecule has 1 fully saturated rings. The molecule has 0 aliphatic carbocycles. The highest BCUT2D eigenvalue weighted by molar-refractivity contribution is 5.64. The van der Waals surface area contributed by atoms with Crippen molar-refractivity contribution >= 4 is 0 Å². The maximum Gasteiger partial charge on any atom is 0.144 e. The molecule has 0 N–H and O–H groups in total. The zero-order valence-electron chi connectivity index (χ0n) is 15.6. The van der Waals surface area contributed by atoms with Gasteiger partial charge in [0.15, 0.2) is 0 Å². The van der Waals surface area contributed by atoms with Crippen LogP contribution in [0.3, 0.4) is 0 Å². The van der Waals surface area contributed by atoms with E-state index in [2.05, 4.69) is 21.2 Å². The lowest BCUT2D eigenvalue weighted by molar-refractivity contribution is 0.0254. The second-order valence-electron chi connectivity index (χ2n) is 6.72. The van der Waals surface area contributed by atoms with Gasteiger partial charge in [-0.15, -0.1) is 0 Å². The smallest absolute Gasteiger partial charge is 0.144 e. The zero-order valence-corrected chi connectivity index (χ0v) is 15.6. The summed E-state index contributed by atoms with van der Waals surface area (Å²) in [5.74, 6) is 1.95. The summed E-state index contributed by atoms with van der Waals surface area (Å²) in [5, 5.41) is 13.4. The minimum absolute atomic E-state index is 0.0858. The highest BCUT2D eigenvalue weighted by Crippen LogP contribution is 2.27. The van der Waals surface area contributed by atoms with Gasteiger partial charge in [-0.1, -0.05) is 5.16 Å². The zero-order chi connectivity index (χ0) is 19.3. The summed E-state index contributed by atoms with van der Waals surface area (Å²) in [6.45, 7) is 3.26. The molecule has 0 unspecified atom stereocenters. The van der Waals surface area contributed by atoms with Gasteiger partial charge in [-0.2, -0.15) is 5.26 Å². The molecule has 0 amide bonds. The van der Waals surface area contributed by atoms with Crippen molar-refractivity contribution in [2.45, 2.75) is 32.3 Å². The van der Waals surface area contributed by atoms with Crippen LogP contribution in [0.2, 0.25) is 0 Å². The molecule has 1 saturated heterocycles. The fraction of sp³-hybridized carbons (Fsp3) is 0.333. The average molecular weight is 376 g/mol. The Morgan fingerprint density at radius 3 is 2.82 bits per heavy atom. The van der Waals surface area contributed by atoms with Gasteiger partial charge in [0.25, 0.3) is 0 Å². The van der Waals surface area contributed by atoms with Crippen molar-refractivity contribution in [2.24, 2.45) is 0 Å². The van der Waals surface area contributed by atoms with Crippen LogP contribution in [0.1, 0.15) is 35.7 Å². The summed E-state index contributed by atoms with van der Waals surface area (Å²) in [4.78, 5) is 8.91. The van der Waals surface area contributed by atoms with Gasteiger partial charge in [-0.25, -0.2) is 9.97 Å². The molecule has 2 aromatic heterocycles. The third kappa shape index (κ3) is 4.18. The van der Waals surface area contributed by atoms with Gasteiger partial charge in [-0.3, -0.25) is 0 Å². The molecule has 0 spiro atoms. The molecule has 1 aliphatic heterocycles. The number of aromatic nitrogens is 3. The predicted octanol–water partition coefficient (Wildman–Crippen LogP) is 3.46. The Morgan fingerprint density at radius 2 is 2.07 bits per heavy atom. The molecule has 7 nitrogen and oxygen atoms in total. The average Bonchev–Trinajstić information content (AvgIpc) is 3.14. The van der Waals surface area contributed by atoms with E-state index in [1.54, 1.807) is 12.3 Å². The van der Waals surface area contributed by atoms with Crippen LogP contribution in [0, 0.1) is 18.3 Å². The van der Waals surface area contributed by atoms with E-state index in [0.29, 0.717) is 42.5 Å². The number of ether oxygens (including phenoxy) is 2. The van der Waals surface area contributed by atoms with Gasteiger partial charge < -0.3 is 14.0 Å². The van der Waals surface area contributed by atoms with Crippen LogP contribution in [0.25, 0.3) is 11.3 Å². The Bertz CT molecular complexity index is 1000. The van der Waals surface area contributed by atoms with E-state index in [1.807, 2.05) is 31.2 Å². The maximum atomic E-state index is 9.56. The molecule has 1 aromatic carbocycles. The molecule has 0 saturated carbocycles. The van der Waals surface area contributed by atoms with E-state index >= 15 is 0 Å². The largest absolute Gasteiger partial charge is 0.489 e. The Kier molecular flexibility index (Phi) is 5.31. The van der Waals surface area contributed by atoms with E-state index < -0.39 is 0 Å². The molecular formula is C21H20N4O3. The monoisotopic (exact) mass is 376 g/mol. The Hall–Kier alpha value is -3.24. The highest BCUT2D eigenvalue weighted by atomic mass is 16.5. The molecule has 142 valence electrons. The molecule has 28 heavy (non-hydrogen) atoms. The lowest BCUT2D eigenvalue weighted by Gasteiger charge is -2.23. The summed E-state index contributed by atoms with van der Waals surface area (Å²) >= 11 is 0. The van der Waals surface area contributed by atoms with Crippen LogP contribution in [-0.2, 0) is 11.2 Å². The first-order valence-corrected chi connectivity index (χ1v) is 9.24. The van der Waals surface area contributed by atoms with E-state index in [1.165, 1.54) is 0 Å². The molecule has 0 radical (unpaired) electrons. The lowest BCUT2D eigenvalue weighted by Crippen LogP contribution is -2.26. The fourth-order valence-electron chi connectivity index (χ4n) is 3.15. The van der Waals surface area contributed by atoms with Gasteiger partial charge in [0.2, 0.25) is 0 Å². The van der Waals surface area contributed by atoms with Crippen LogP contribution < -0.4 is 4.74 Å². The van der Waals surface area contributed by atoms with E-state index in [4.69, 9.17) is 14.0 Å². The van der Waals surface area contributed by atoms with Crippen LogP contribution in [0.5, 0.6) is 5.75 Å². The summed E-state index contributed by atoms with van der Waals surface area (Å²) in [6, 6.07) is 11.5. The number of hydrogen-bond acceptors (Lipinski definition) is 7. The minimum Gasteiger partial charge on any atom is -0.489 e. The van der Waals surface area contributed by atoms with Gasteiger partial charge in [0, 0.05) is 30.7 Å². The van der Waals surface area contributed by atoms with Crippen molar-refractivity contribution in [3.63, 3.8) is 0 Å². The molecule has 3 heterocycles. The number of nitriles is 1. The number of hydrogen-bond donors (Lipinski definition) is 0. The number of nitrogens with zero attached hydrogens (tertiary/aromatic N) is 4. The van der Waals surface area contributed by atoms with Crippen molar-refractivity contribution in [3.8, 4) is 23.1 Å². The topological polar surface area (TPSA) is 94.1 Å². The second-order valence-corrected chi connectivity index (χ2v) is 6.72. The fourth-order valence-corrected chi connectivity index (χ4v) is 3.15. The second kappa shape index (κ2) is 8.19. The number of rotatable bonds is 5. The number of benzene rings is 1. The van der Waals surface area contributed by atoms with Crippen LogP contribution >= 0.6 is 0 Å². The SMILES string of the molecule is Cc1cc(Cc2nccc(-c3ccc(OC4CCOCC4)c(C#N)c3)n2)on1. The van der Waals surface area contributed by atoms with Gasteiger partial charge >= 0.3 is 0 Å². The van der Waals surface area contributed by atoms with Crippen LogP contribution in [-0.4, -0.2) is 34.4 Å². The summed E-state index contributed by atoms with van der Waals surface area (Å²) < 4.78 is 16.6. The highest BCUT2D eigenvalue weighted by Gasteiger charge is 2.17. The van der Waals surface area contributed by atoms with E-state index in [9.17, 15) is 5.26 Å². The minimum atomic E-state index is 0.0858. The molecule has 0 bridgehead atoms. The molecule has 7 heteroatoms. The first kappa shape index (κ1) is 18.1. The van der Waals surface area contributed by atoms with Crippen LogP contribution in [0.15, 0.2) is 41.1 Å². The lowest BCUT2D eigenvalue weighted by atomic mass is 10.1. The third-order valence-electron chi connectivity index (χ3n) is 4.57. The van der Waals surface area contributed by atoms with E-state index in [-0.39, 0.29) is 6.10 Å². The normalized spacial score (nSPS) is 14.6. The molecule has 3 aromatic rings. The van der Waals surface area contributed by atoms with Crippen molar-refractivity contribution in [1.82, 2.24) is 15.1 Å². The molecule has 4 rings (SSSR count). The number of aryl methyl sites for hydroxylation is 1. The first-order valence-electron chi connectivity index (χ1n) is 9.24. The summed E-state index contributed by atoms with van der Waals surface area (Å²) in [5.41, 5.74) is 2.91. The summed E-state index contributed by atoms with van der Waals surface area (Å²) in [6.07, 6.45) is 3.93. The Labute approximate surface area is 162 Å². The van der Waals surface area contributed by atoms with Gasteiger partial charge in [0.05, 0.1) is 36.6 Å². The van der Waals surface area contributed by atoms with E-state index in [0.717, 1.165) is 29.8 Å². The Morgan fingerprint density at radius 1 is 1.21 bits per heavy atom.